The smallest absolute Gasteiger partial charge is 0.240 e. The number of methoxy groups -OCH3 is 1. The second-order valence-corrected chi connectivity index (χ2v) is 9.28. The number of aromatic nitrogens is 3. The highest BCUT2D eigenvalue weighted by Gasteiger charge is 2.38. The van der Waals surface area contributed by atoms with Crippen molar-refractivity contribution < 1.29 is 9.53 Å². The molecule has 4 rings (SSSR count). The summed E-state index contributed by atoms with van der Waals surface area (Å²) in [4.78, 5) is 13.5. The van der Waals surface area contributed by atoms with Crippen LogP contribution in [-0.2, 0) is 11.2 Å². The summed E-state index contributed by atoms with van der Waals surface area (Å²) in [5, 5.41) is 12.4. The first-order valence-corrected chi connectivity index (χ1v) is 11.8. The molecule has 0 saturated carbocycles. The maximum Gasteiger partial charge on any atom is 0.240 e. The van der Waals surface area contributed by atoms with Crippen LogP contribution >= 0.6 is 23.4 Å². The Balaban J connectivity index is 1.70. The Hall–Kier alpha value is -2.71. The number of ether oxygens (including phenoxy) is 1. The fourth-order valence-electron chi connectivity index (χ4n) is 3.70. The van der Waals surface area contributed by atoms with Crippen LogP contribution in [0.5, 0.6) is 5.75 Å². The summed E-state index contributed by atoms with van der Waals surface area (Å²) in [6.07, 6.45) is 1.73. The minimum Gasteiger partial charge on any atom is -0.495 e. The maximum absolute atomic E-state index is 13.5. The summed E-state index contributed by atoms with van der Waals surface area (Å²) >= 11 is 7.81. The lowest BCUT2D eigenvalue weighted by Crippen LogP contribution is -2.41. The van der Waals surface area contributed by atoms with Crippen LogP contribution in [-0.4, -0.2) is 33.1 Å². The van der Waals surface area contributed by atoms with E-state index in [0.29, 0.717) is 15.9 Å². The highest BCUT2D eigenvalue weighted by atomic mass is 35.5. The predicted octanol–water partition coefficient (Wildman–Crippen LogP) is 4.91. The van der Waals surface area contributed by atoms with Crippen molar-refractivity contribution in [2.75, 3.05) is 17.9 Å². The molecule has 2 heterocycles. The van der Waals surface area contributed by atoms with Gasteiger partial charge in [-0.2, -0.15) is 0 Å². The Morgan fingerprint density at radius 3 is 2.81 bits per heavy atom. The third-order valence-corrected chi connectivity index (χ3v) is 7.14. The molecule has 2 N–H and O–H groups in total. The lowest BCUT2D eigenvalue weighted by Gasteiger charge is -2.33. The largest absolute Gasteiger partial charge is 0.495 e. The highest BCUT2D eigenvalue weighted by Crippen LogP contribution is 2.39. The molecule has 32 heavy (non-hydrogen) atoms. The number of amides is 1. The van der Waals surface area contributed by atoms with E-state index in [1.54, 1.807) is 7.11 Å². The van der Waals surface area contributed by atoms with E-state index in [1.807, 2.05) is 54.9 Å². The molecule has 1 aromatic heterocycles. The number of halogens is 1. The van der Waals surface area contributed by atoms with Crippen molar-refractivity contribution >= 4 is 35.0 Å². The number of nitrogens with one attached hydrogen (secondary N) is 2. The number of benzene rings is 2. The van der Waals surface area contributed by atoms with Crippen LogP contribution in [0.15, 0.2) is 41.6 Å². The molecule has 0 unspecified atom stereocenters. The minimum absolute atomic E-state index is 0.112. The van der Waals surface area contributed by atoms with E-state index in [4.69, 9.17) is 16.3 Å². The Labute approximate surface area is 196 Å². The molecule has 9 heteroatoms. The van der Waals surface area contributed by atoms with E-state index in [-0.39, 0.29) is 11.9 Å². The molecule has 0 fully saturated rings. The summed E-state index contributed by atoms with van der Waals surface area (Å²) < 4.78 is 7.19. The molecule has 2 atom stereocenters. The average molecular weight is 472 g/mol. The lowest BCUT2D eigenvalue weighted by molar-refractivity contribution is -0.116. The van der Waals surface area contributed by atoms with Crippen molar-refractivity contribution in [2.24, 2.45) is 0 Å². The van der Waals surface area contributed by atoms with Gasteiger partial charge in [-0.05, 0) is 55.2 Å². The fourth-order valence-corrected chi connectivity index (χ4v) is 5.07. The number of hydrogen-bond acceptors (Lipinski definition) is 6. The van der Waals surface area contributed by atoms with Gasteiger partial charge >= 0.3 is 0 Å². The SMILES string of the molecule is CCCc1nnc2n1N[C@H](c1ccc(OC)c(Cl)c1)[C@@H](C(=O)Nc1cccc(C)c1C)S2. The van der Waals surface area contributed by atoms with Gasteiger partial charge in [0.15, 0.2) is 5.82 Å². The zero-order valence-corrected chi connectivity index (χ0v) is 20.0. The molecule has 7 nitrogen and oxygen atoms in total. The summed E-state index contributed by atoms with van der Waals surface area (Å²) in [7, 11) is 1.58. The minimum atomic E-state index is -0.481. The first kappa shape index (κ1) is 22.5. The van der Waals surface area contributed by atoms with Gasteiger partial charge in [0.25, 0.3) is 0 Å². The first-order valence-electron chi connectivity index (χ1n) is 10.5. The van der Waals surface area contributed by atoms with Gasteiger partial charge in [0.1, 0.15) is 11.0 Å². The quantitative estimate of drug-likeness (QED) is 0.531. The van der Waals surface area contributed by atoms with Crippen LogP contribution in [0, 0.1) is 13.8 Å². The zero-order valence-electron chi connectivity index (χ0n) is 18.5. The van der Waals surface area contributed by atoms with E-state index in [2.05, 4.69) is 27.9 Å². The normalized spacial score (nSPS) is 17.4. The van der Waals surface area contributed by atoms with Crippen molar-refractivity contribution in [3.05, 3.63) is 63.9 Å². The number of thioether (sulfide) groups is 1. The van der Waals surface area contributed by atoms with Crippen molar-refractivity contribution in [3.63, 3.8) is 0 Å². The zero-order chi connectivity index (χ0) is 22.8. The number of nitrogens with zero attached hydrogens (tertiary/aromatic N) is 3. The topological polar surface area (TPSA) is 81.1 Å². The van der Waals surface area contributed by atoms with Gasteiger partial charge in [0.05, 0.1) is 18.2 Å². The fraction of sp³-hybridized carbons (Fsp3) is 0.348. The van der Waals surface area contributed by atoms with Crippen LogP contribution in [0.25, 0.3) is 0 Å². The summed E-state index contributed by atoms with van der Waals surface area (Å²) in [5.41, 5.74) is 7.32. The molecule has 0 saturated heterocycles. The molecule has 3 aromatic rings. The maximum atomic E-state index is 13.5. The Kier molecular flexibility index (Phi) is 6.62. The Bertz CT molecular complexity index is 1150. The third-order valence-electron chi connectivity index (χ3n) is 5.63. The second-order valence-electron chi connectivity index (χ2n) is 7.76. The Morgan fingerprint density at radius 2 is 2.09 bits per heavy atom. The molecule has 0 aliphatic carbocycles. The summed E-state index contributed by atoms with van der Waals surface area (Å²) in [6, 6.07) is 11.1. The van der Waals surface area contributed by atoms with Gasteiger partial charge in [0.2, 0.25) is 11.1 Å². The third kappa shape index (κ3) is 4.29. The van der Waals surface area contributed by atoms with Crippen LogP contribution in [0.3, 0.4) is 0 Å². The molecule has 1 aliphatic heterocycles. The van der Waals surface area contributed by atoms with Crippen molar-refractivity contribution in [2.45, 2.75) is 50.1 Å². The van der Waals surface area contributed by atoms with E-state index >= 15 is 0 Å². The van der Waals surface area contributed by atoms with Crippen LogP contribution < -0.4 is 15.5 Å². The van der Waals surface area contributed by atoms with Gasteiger partial charge in [-0.1, -0.05) is 48.5 Å². The Morgan fingerprint density at radius 1 is 1.28 bits per heavy atom. The number of rotatable bonds is 6. The summed E-state index contributed by atoms with van der Waals surface area (Å²) in [6.45, 7) is 6.13. The number of carbonyl (C=O) groups is 1. The van der Waals surface area contributed by atoms with Crippen molar-refractivity contribution in [1.29, 1.82) is 0 Å². The molecule has 0 radical (unpaired) electrons. The molecule has 1 amide bonds. The molecule has 1 aliphatic rings. The van der Waals surface area contributed by atoms with E-state index < -0.39 is 5.25 Å². The van der Waals surface area contributed by atoms with E-state index in [1.165, 1.54) is 11.8 Å². The molecular weight excluding hydrogens is 446 g/mol. The van der Waals surface area contributed by atoms with Crippen LogP contribution in [0.1, 0.15) is 41.9 Å². The van der Waals surface area contributed by atoms with E-state index in [9.17, 15) is 4.79 Å². The number of fused-ring (bicyclic) bond motifs is 1. The first-order chi connectivity index (χ1) is 15.4. The van der Waals surface area contributed by atoms with Gasteiger partial charge in [-0.15, -0.1) is 10.2 Å². The number of aryl methyl sites for hydroxylation is 2. The number of hydrogen-bond donors (Lipinski definition) is 2. The monoisotopic (exact) mass is 471 g/mol. The number of anilines is 1. The van der Waals surface area contributed by atoms with Crippen molar-refractivity contribution in [1.82, 2.24) is 14.9 Å². The van der Waals surface area contributed by atoms with Crippen molar-refractivity contribution in [3.8, 4) is 5.75 Å². The standard InChI is InChI=1S/C23H26ClN5O2S/c1-5-7-19-26-27-23-29(19)28-20(15-10-11-18(31-4)16(24)12-15)21(32-23)22(30)25-17-9-6-8-13(2)14(17)3/h6,8-12,20-21,28H,5,7H2,1-4H3,(H,25,30)/t20-,21+/m1/s1. The molecule has 168 valence electrons. The number of carbonyl (C=O) groups excluding carboxylic acids is 1. The second kappa shape index (κ2) is 9.42. The molecule has 2 aromatic carbocycles. The van der Waals surface area contributed by atoms with Gasteiger partial charge in [-0.3, -0.25) is 4.79 Å². The lowest BCUT2D eigenvalue weighted by atomic mass is 10.0. The molecular formula is C23H26ClN5O2S. The highest BCUT2D eigenvalue weighted by molar-refractivity contribution is 8.00. The van der Waals surface area contributed by atoms with E-state index in [0.717, 1.165) is 41.0 Å². The van der Waals surface area contributed by atoms with Gasteiger partial charge in [0, 0.05) is 12.1 Å². The molecule has 0 spiro atoms. The van der Waals surface area contributed by atoms with Crippen LogP contribution in [0.2, 0.25) is 5.02 Å². The summed E-state index contributed by atoms with van der Waals surface area (Å²) in [5.74, 6) is 1.32. The predicted molar refractivity (Wildman–Crippen MR) is 128 cm³/mol. The molecule has 0 bridgehead atoms. The average Bonchev–Trinajstić information content (AvgIpc) is 3.18. The van der Waals surface area contributed by atoms with Gasteiger partial charge < -0.3 is 15.5 Å². The van der Waals surface area contributed by atoms with Gasteiger partial charge in [-0.25, -0.2) is 4.68 Å². The van der Waals surface area contributed by atoms with Crippen LogP contribution in [0.4, 0.5) is 5.69 Å².